The number of nitrogens with one attached hydrogen (secondary N) is 1. The highest BCUT2D eigenvalue weighted by molar-refractivity contribution is 5.95. The van der Waals surface area contributed by atoms with Gasteiger partial charge in [0.05, 0.1) is 6.10 Å². The molecular weight excluding hydrogens is 236 g/mol. The summed E-state index contributed by atoms with van der Waals surface area (Å²) in [5.41, 5.74) is 0.372. The smallest absolute Gasteiger partial charge is 0.328 e. The van der Waals surface area contributed by atoms with Crippen LogP contribution in [-0.2, 0) is 4.79 Å². The fraction of sp³-hybridized carbons (Fsp3) is 0.500. The number of aliphatic carboxylic acids is 1. The molecule has 0 bridgehead atoms. The van der Waals surface area contributed by atoms with Crippen molar-refractivity contribution in [3.8, 4) is 0 Å². The van der Waals surface area contributed by atoms with Crippen molar-refractivity contribution in [2.24, 2.45) is 0 Å². The molecule has 1 aromatic rings. The highest BCUT2D eigenvalue weighted by atomic mass is 16.4. The number of carboxylic acid groups (broad SMARTS) is 1. The number of carboxylic acids is 1. The third-order valence-electron chi connectivity index (χ3n) is 2.60. The van der Waals surface area contributed by atoms with Gasteiger partial charge in [-0.2, -0.15) is 0 Å². The number of aliphatic hydroxyl groups excluding tert-OH is 1. The second-order valence-corrected chi connectivity index (χ2v) is 4.42. The summed E-state index contributed by atoms with van der Waals surface area (Å²) in [5.74, 6) is -1.77. The third-order valence-corrected chi connectivity index (χ3v) is 2.60. The molecule has 0 radical (unpaired) electrons. The van der Waals surface area contributed by atoms with Gasteiger partial charge in [0, 0.05) is 12.2 Å². The number of aromatic nitrogens is 1. The second-order valence-electron chi connectivity index (χ2n) is 4.42. The molecule has 3 N–H and O–H groups in total. The van der Waals surface area contributed by atoms with Gasteiger partial charge in [-0.1, -0.05) is 0 Å². The largest absolute Gasteiger partial charge is 0.480 e. The first-order valence-electron chi connectivity index (χ1n) is 5.73. The number of carbonyl (C=O) groups is 2. The summed E-state index contributed by atoms with van der Waals surface area (Å²) in [4.78, 5) is 22.8. The molecule has 0 aliphatic rings. The highest BCUT2D eigenvalue weighted by Gasteiger charge is 2.26. The molecule has 0 aliphatic heterocycles. The molecule has 0 saturated carbocycles. The van der Waals surface area contributed by atoms with Crippen LogP contribution >= 0.6 is 0 Å². The van der Waals surface area contributed by atoms with E-state index in [0.29, 0.717) is 5.69 Å². The SMILES string of the molecule is CC(C)n1cccc1C(=O)N[C@H](C(=O)O)[C@@H](C)O. The van der Waals surface area contributed by atoms with Crippen molar-refractivity contribution in [1.29, 1.82) is 0 Å². The van der Waals surface area contributed by atoms with E-state index in [9.17, 15) is 14.7 Å². The van der Waals surface area contributed by atoms with E-state index < -0.39 is 24.0 Å². The van der Waals surface area contributed by atoms with Crippen molar-refractivity contribution in [3.63, 3.8) is 0 Å². The summed E-state index contributed by atoms with van der Waals surface area (Å²) in [6, 6.07) is 2.10. The molecule has 0 unspecified atom stereocenters. The van der Waals surface area contributed by atoms with Gasteiger partial charge in [0.1, 0.15) is 5.69 Å². The number of carbonyl (C=O) groups excluding carboxylic acids is 1. The molecule has 0 spiro atoms. The molecule has 1 rings (SSSR count). The zero-order valence-corrected chi connectivity index (χ0v) is 10.6. The molecular formula is C12H18N2O4. The van der Waals surface area contributed by atoms with E-state index in [-0.39, 0.29) is 6.04 Å². The Morgan fingerprint density at radius 2 is 1.94 bits per heavy atom. The third kappa shape index (κ3) is 3.10. The van der Waals surface area contributed by atoms with E-state index in [0.717, 1.165) is 0 Å². The van der Waals surface area contributed by atoms with Gasteiger partial charge in [0.25, 0.3) is 5.91 Å². The van der Waals surface area contributed by atoms with Crippen molar-refractivity contribution in [2.45, 2.75) is 39.0 Å². The monoisotopic (exact) mass is 254 g/mol. The summed E-state index contributed by atoms with van der Waals surface area (Å²) in [5, 5.41) is 20.5. The number of hydrogen-bond donors (Lipinski definition) is 3. The van der Waals surface area contributed by atoms with E-state index in [1.54, 1.807) is 22.9 Å². The minimum atomic E-state index is -1.31. The van der Waals surface area contributed by atoms with Crippen molar-refractivity contribution in [1.82, 2.24) is 9.88 Å². The Hall–Kier alpha value is -1.82. The van der Waals surface area contributed by atoms with Crippen LogP contribution in [0.4, 0.5) is 0 Å². The molecule has 0 saturated heterocycles. The predicted octanol–water partition coefficient (Wildman–Crippen LogP) is 0.633. The van der Waals surface area contributed by atoms with Crippen molar-refractivity contribution >= 4 is 11.9 Å². The van der Waals surface area contributed by atoms with Crippen LogP contribution in [0.15, 0.2) is 18.3 Å². The van der Waals surface area contributed by atoms with Gasteiger partial charge >= 0.3 is 5.97 Å². The molecule has 0 aliphatic carbocycles. The standard InChI is InChI=1S/C12H18N2O4/c1-7(2)14-6-4-5-9(14)11(16)13-10(8(3)15)12(17)18/h4-8,10,15H,1-3H3,(H,13,16)(H,17,18)/t8-,10+/m1/s1. The van der Waals surface area contributed by atoms with Gasteiger partial charge in [-0.05, 0) is 32.9 Å². The van der Waals surface area contributed by atoms with Crippen molar-refractivity contribution < 1.29 is 19.8 Å². The fourth-order valence-electron chi connectivity index (χ4n) is 1.64. The Kier molecular flexibility index (Phi) is 4.49. The van der Waals surface area contributed by atoms with E-state index in [4.69, 9.17) is 5.11 Å². The minimum absolute atomic E-state index is 0.0931. The van der Waals surface area contributed by atoms with Gasteiger partial charge in [-0.25, -0.2) is 4.79 Å². The minimum Gasteiger partial charge on any atom is -0.480 e. The van der Waals surface area contributed by atoms with Crippen LogP contribution in [0.3, 0.4) is 0 Å². The number of rotatable bonds is 5. The highest BCUT2D eigenvalue weighted by Crippen LogP contribution is 2.11. The number of aliphatic hydroxyl groups is 1. The Balaban J connectivity index is 2.87. The normalized spacial score (nSPS) is 14.3. The molecule has 0 aromatic carbocycles. The van der Waals surface area contributed by atoms with Crippen molar-refractivity contribution in [2.75, 3.05) is 0 Å². The molecule has 1 amide bonds. The second kappa shape index (κ2) is 5.68. The van der Waals surface area contributed by atoms with Crippen LogP contribution in [0.5, 0.6) is 0 Å². The lowest BCUT2D eigenvalue weighted by Crippen LogP contribution is -2.48. The first-order chi connectivity index (χ1) is 8.34. The van der Waals surface area contributed by atoms with E-state index >= 15 is 0 Å². The average molecular weight is 254 g/mol. The Morgan fingerprint density at radius 1 is 1.33 bits per heavy atom. The van der Waals surface area contributed by atoms with Crippen molar-refractivity contribution in [3.05, 3.63) is 24.0 Å². The van der Waals surface area contributed by atoms with Crippen LogP contribution in [0.25, 0.3) is 0 Å². The quantitative estimate of drug-likeness (QED) is 0.718. The molecule has 18 heavy (non-hydrogen) atoms. The van der Waals surface area contributed by atoms with Crippen LogP contribution < -0.4 is 5.32 Å². The van der Waals surface area contributed by atoms with Gasteiger partial charge in [0.2, 0.25) is 0 Å². The molecule has 2 atom stereocenters. The number of hydrogen-bond acceptors (Lipinski definition) is 3. The Labute approximate surface area is 105 Å². The average Bonchev–Trinajstić information content (AvgIpc) is 2.73. The maximum atomic E-state index is 11.9. The van der Waals surface area contributed by atoms with Crippen LogP contribution in [0.2, 0.25) is 0 Å². The van der Waals surface area contributed by atoms with E-state index in [1.807, 2.05) is 13.8 Å². The molecule has 1 aromatic heterocycles. The Morgan fingerprint density at radius 3 is 2.39 bits per heavy atom. The summed E-state index contributed by atoms with van der Waals surface area (Å²) in [6.45, 7) is 5.15. The summed E-state index contributed by atoms with van der Waals surface area (Å²) >= 11 is 0. The lowest BCUT2D eigenvalue weighted by atomic mass is 10.2. The van der Waals surface area contributed by atoms with Gasteiger partial charge in [0.15, 0.2) is 6.04 Å². The molecule has 0 fully saturated rings. The summed E-state index contributed by atoms with van der Waals surface area (Å²) in [7, 11) is 0. The number of amides is 1. The zero-order chi connectivity index (χ0) is 13.9. The molecule has 1 heterocycles. The maximum Gasteiger partial charge on any atom is 0.328 e. The predicted molar refractivity (Wildman–Crippen MR) is 65.4 cm³/mol. The van der Waals surface area contributed by atoms with Gasteiger partial charge in [-0.3, -0.25) is 4.79 Å². The lowest BCUT2D eigenvalue weighted by molar-refractivity contribution is -0.141. The van der Waals surface area contributed by atoms with E-state index in [1.165, 1.54) is 6.92 Å². The topological polar surface area (TPSA) is 91.6 Å². The van der Waals surface area contributed by atoms with Crippen LogP contribution in [-0.4, -0.2) is 38.8 Å². The Bertz CT molecular complexity index is 437. The van der Waals surface area contributed by atoms with Gasteiger partial charge in [-0.15, -0.1) is 0 Å². The zero-order valence-electron chi connectivity index (χ0n) is 10.6. The van der Waals surface area contributed by atoms with Crippen LogP contribution in [0, 0.1) is 0 Å². The summed E-state index contributed by atoms with van der Waals surface area (Å²) < 4.78 is 1.73. The molecule has 6 heteroatoms. The summed E-state index contributed by atoms with van der Waals surface area (Å²) in [6.07, 6.45) is 0.589. The fourth-order valence-corrected chi connectivity index (χ4v) is 1.64. The van der Waals surface area contributed by atoms with Crippen LogP contribution in [0.1, 0.15) is 37.3 Å². The van der Waals surface area contributed by atoms with E-state index in [2.05, 4.69) is 5.32 Å². The number of nitrogens with zero attached hydrogens (tertiary/aromatic N) is 1. The molecule has 6 nitrogen and oxygen atoms in total. The lowest BCUT2D eigenvalue weighted by Gasteiger charge is -2.18. The first-order valence-corrected chi connectivity index (χ1v) is 5.73. The maximum absolute atomic E-state index is 11.9. The molecule has 100 valence electrons. The first kappa shape index (κ1) is 14.2. The van der Waals surface area contributed by atoms with Gasteiger partial charge < -0.3 is 20.1 Å².